The second kappa shape index (κ2) is 4.59. The molecule has 4 nitrogen and oxygen atoms in total. The van der Waals surface area contributed by atoms with E-state index in [4.69, 9.17) is 12.2 Å². The second-order valence-corrected chi connectivity index (χ2v) is 4.99. The number of H-pyrrole nitrogens is 1. The van der Waals surface area contributed by atoms with E-state index in [2.05, 4.69) is 27.9 Å². The first-order chi connectivity index (χ1) is 9.15. The number of aromatic nitrogens is 4. The van der Waals surface area contributed by atoms with Crippen LogP contribution < -0.4 is 0 Å². The van der Waals surface area contributed by atoms with Crippen LogP contribution in [0.25, 0.3) is 11.2 Å². The third kappa shape index (κ3) is 2.17. The average molecular weight is 270 g/mol. The molecule has 0 spiro atoms. The maximum atomic E-state index is 5.38. The van der Waals surface area contributed by atoms with E-state index in [1.165, 1.54) is 0 Å². The van der Waals surface area contributed by atoms with Gasteiger partial charge in [-0.15, -0.1) is 0 Å². The number of nitrogens with zero attached hydrogens (tertiary/aromatic N) is 3. The van der Waals surface area contributed by atoms with E-state index in [0.29, 0.717) is 11.3 Å². The molecule has 3 aromatic heterocycles. The molecule has 0 aliphatic rings. The predicted octanol–water partition coefficient (Wildman–Crippen LogP) is 3.15. The molecule has 1 N–H and O–H groups in total. The van der Waals surface area contributed by atoms with Crippen molar-refractivity contribution in [2.24, 2.45) is 0 Å². The first-order valence-corrected chi connectivity index (χ1v) is 6.52. The van der Waals surface area contributed by atoms with E-state index in [1.54, 1.807) is 6.20 Å². The van der Waals surface area contributed by atoms with Crippen LogP contribution in [0.5, 0.6) is 0 Å². The molecule has 0 aliphatic heterocycles. The van der Waals surface area contributed by atoms with Crippen LogP contribution in [0, 0.1) is 18.6 Å². The molecule has 0 bridgehead atoms. The number of rotatable bonds is 2. The van der Waals surface area contributed by atoms with Crippen LogP contribution in [0.1, 0.15) is 17.0 Å². The van der Waals surface area contributed by atoms with Gasteiger partial charge in [0.05, 0.1) is 17.8 Å². The highest BCUT2D eigenvalue weighted by atomic mass is 32.1. The van der Waals surface area contributed by atoms with Crippen LogP contribution in [0.2, 0.25) is 0 Å². The minimum atomic E-state index is 0.641. The Morgan fingerprint density at radius 2 is 2.11 bits per heavy atom. The first kappa shape index (κ1) is 12.0. The van der Waals surface area contributed by atoms with Crippen molar-refractivity contribution in [3.8, 4) is 0 Å². The van der Waals surface area contributed by atoms with Crippen LogP contribution in [0.3, 0.4) is 0 Å². The Balaban J connectivity index is 2.15. The highest BCUT2D eigenvalue weighted by Gasteiger charge is 2.08. The predicted molar refractivity (Wildman–Crippen MR) is 77.7 cm³/mol. The van der Waals surface area contributed by atoms with Gasteiger partial charge in [-0.3, -0.25) is 9.55 Å². The zero-order valence-electron chi connectivity index (χ0n) is 10.8. The molecule has 19 heavy (non-hydrogen) atoms. The second-order valence-electron chi connectivity index (χ2n) is 4.61. The number of nitrogens with one attached hydrogen (secondary N) is 1. The molecule has 0 saturated carbocycles. The normalized spacial score (nSPS) is 11.1. The number of pyridine rings is 2. The van der Waals surface area contributed by atoms with Gasteiger partial charge in [-0.05, 0) is 49.8 Å². The molecule has 0 fully saturated rings. The molecule has 0 saturated heterocycles. The van der Waals surface area contributed by atoms with E-state index >= 15 is 0 Å². The summed E-state index contributed by atoms with van der Waals surface area (Å²) in [6, 6.07) is 7.98. The van der Waals surface area contributed by atoms with Crippen molar-refractivity contribution in [3.05, 3.63) is 52.2 Å². The number of fused-ring (bicyclic) bond motifs is 1. The molecule has 0 aromatic carbocycles. The number of aryl methyl sites for hydroxylation is 2. The summed E-state index contributed by atoms with van der Waals surface area (Å²) in [6.07, 6.45) is 1.81. The van der Waals surface area contributed by atoms with E-state index in [1.807, 2.05) is 29.7 Å². The molecule has 5 heteroatoms. The molecule has 0 amide bonds. The summed E-state index contributed by atoms with van der Waals surface area (Å²) in [5.74, 6) is 0. The lowest BCUT2D eigenvalue weighted by molar-refractivity contribution is 0.769. The molecule has 3 rings (SSSR count). The molecule has 3 heterocycles. The van der Waals surface area contributed by atoms with Gasteiger partial charge in [0, 0.05) is 11.9 Å². The summed E-state index contributed by atoms with van der Waals surface area (Å²) >= 11 is 5.38. The van der Waals surface area contributed by atoms with Gasteiger partial charge in [-0.25, -0.2) is 4.98 Å². The van der Waals surface area contributed by atoms with Gasteiger partial charge in [0.2, 0.25) is 0 Å². The Labute approximate surface area is 116 Å². The monoisotopic (exact) mass is 270 g/mol. The highest BCUT2D eigenvalue weighted by molar-refractivity contribution is 7.71. The Morgan fingerprint density at radius 3 is 2.89 bits per heavy atom. The van der Waals surface area contributed by atoms with E-state index < -0.39 is 0 Å². The van der Waals surface area contributed by atoms with Gasteiger partial charge in [-0.1, -0.05) is 6.07 Å². The Kier molecular flexibility index (Phi) is 2.91. The molecular formula is C14H14N4S. The zero-order chi connectivity index (χ0) is 13.4. The Bertz CT molecular complexity index is 801. The van der Waals surface area contributed by atoms with Gasteiger partial charge in [0.1, 0.15) is 0 Å². The molecule has 0 atom stereocenters. The number of hydrogen-bond acceptors (Lipinski definition) is 3. The lowest BCUT2D eigenvalue weighted by atomic mass is 10.2. The quantitative estimate of drug-likeness (QED) is 0.728. The van der Waals surface area contributed by atoms with E-state index in [-0.39, 0.29) is 0 Å². The molecule has 0 radical (unpaired) electrons. The van der Waals surface area contributed by atoms with Crippen molar-refractivity contribution in [1.82, 2.24) is 19.5 Å². The Hall–Kier alpha value is -2.01. The van der Waals surface area contributed by atoms with E-state index in [9.17, 15) is 0 Å². The Morgan fingerprint density at radius 1 is 1.26 bits per heavy atom. The maximum absolute atomic E-state index is 5.38. The van der Waals surface area contributed by atoms with Crippen molar-refractivity contribution < 1.29 is 0 Å². The van der Waals surface area contributed by atoms with Gasteiger partial charge in [-0.2, -0.15) is 0 Å². The fourth-order valence-electron chi connectivity index (χ4n) is 2.11. The lowest BCUT2D eigenvalue weighted by Crippen LogP contribution is -2.04. The topological polar surface area (TPSA) is 46.5 Å². The van der Waals surface area contributed by atoms with Crippen LogP contribution in [0.15, 0.2) is 30.5 Å². The highest BCUT2D eigenvalue weighted by Crippen LogP contribution is 2.15. The third-order valence-electron chi connectivity index (χ3n) is 3.18. The minimum absolute atomic E-state index is 0.641. The molecule has 3 aromatic rings. The summed E-state index contributed by atoms with van der Waals surface area (Å²) in [5, 5.41) is 0. The summed E-state index contributed by atoms with van der Waals surface area (Å²) in [5.41, 5.74) is 5.00. The van der Waals surface area contributed by atoms with Crippen molar-refractivity contribution >= 4 is 23.4 Å². The van der Waals surface area contributed by atoms with Crippen molar-refractivity contribution in [2.45, 2.75) is 20.4 Å². The largest absolute Gasteiger partial charge is 0.329 e. The summed E-state index contributed by atoms with van der Waals surface area (Å²) in [6.45, 7) is 4.67. The van der Waals surface area contributed by atoms with Gasteiger partial charge in [0.25, 0.3) is 0 Å². The number of aromatic amines is 1. The average Bonchev–Trinajstić information content (AvgIpc) is 2.69. The minimum Gasteiger partial charge on any atom is -0.329 e. The molecule has 96 valence electrons. The number of hydrogen-bond donors (Lipinski definition) is 1. The molecule has 0 aliphatic carbocycles. The van der Waals surface area contributed by atoms with Gasteiger partial charge in [0.15, 0.2) is 10.4 Å². The third-order valence-corrected chi connectivity index (χ3v) is 3.50. The van der Waals surface area contributed by atoms with Crippen LogP contribution in [0.4, 0.5) is 0 Å². The van der Waals surface area contributed by atoms with Crippen molar-refractivity contribution in [3.63, 3.8) is 0 Å². The standard InChI is InChI=1S/C14H14N4S/c1-9-4-3-7-15-12(9)8-18-13-11(17-14(18)19)6-5-10(2)16-13/h3-7H,8H2,1-2H3,(H,17,19). The fourth-order valence-corrected chi connectivity index (χ4v) is 2.37. The molecule has 0 unspecified atom stereocenters. The molecular weight excluding hydrogens is 256 g/mol. The lowest BCUT2D eigenvalue weighted by Gasteiger charge is -2.06. The maximum Gasteiger partial charge on any atom is 0.179 e. The SMILES string of the molecule is Cc1ccc2[nH]c(=S)n(Cc3ncccc3C)c2n1. The zero-order valence-corrected chi connectivity index (χ0v) is 11.7. The first-order valence-electron chi connectivity index (χ1n) is 6.12. The fraction of sp³-hybridized carbons (Fsp3) is 0.214. The van der Waals surface area contributed by atoms with Gasteiger partial charge >= 0.3 is 0 Å². The summed E-state index contributed by atoms with van der Waals surface area (Å²) in [7, 11) is 0. The summed E-state index contributed by atoms with van der Waals surface area (Å²) in [4.78, 5) is 12.2. The van der Waals surface area contributed by atoms with E-state index in [0.717, 1.165) is 28.1 Å². The summed E-state index contributed by atoms with van der Waals surface area (Å²) < 4.78 is 2.67. The van der Waals surface area contributed by atoms with Crippen LogP contribution in [-0.4, -0.2) is 19.5 Å². The van der Waals surface area contributed by atoms with Crippen molar-refractivity contribution in [2.75, 3.05) is 0 Å². The van der Waals surface area contributed by atoms with Crippen LogP contribution >= 0.6 is 12.2 Å². The number of imidazole rings is 1. The smallest absolute Gasteiger partial charge is 0.179 e. The van der Waals surface area contributed by atoms with Crippen molar-refractivity contribution in [1.29, 1.82) is 0 Å². The van der Waals surface area contributed by atoms with Gasteiger partial charge < -0.3 is 4.98 Å². The van der Waals surface area contributed by atoms with Crippen LogP contribution in [-0.2, 0) is 6.54 Å².